The summed E-state index contributed by atoms with van der Waals surface area (Å²) in [5.74, 6) is 0. The van der Waals surface area contributed by atoms with E-state index in [0.29, 0.717) is 0 Å². The fourth-order valence-electron chi connectivity index (χ4n) is 1.80. The zero-order valence-corrected chi connectivity index (χ0v) is 11.9. The van der Waals surface area contributed by atoms with E-state index in [1.54, 1.807) is 0 Å². The van der Waals surface area contributed by atoms with Crippen molar-refractivity contribution in [3.8, 4) is 0 Å². The first-order chi connectivity index (χ1) is 8.20. The molecular weight excluding hydrogens is 250 g/mol. The van der Waals surface area contributed by atoms with Crippen LogP contribution in [0.4, 0.5) is 5.69 Å². The quantitative estimate of drug-likeness (QED) is 0.907. The maximum absolute atomic E-state index is 4.45. The molecule has 2 heterocycles. The lowest BCUT2D eigenvalue weighted by Gasteiger charge is -2.04. The molecule has 0 bridgehead atoms. The van der Waals surface area contributed by atoms with Crippen molar-refractivity contribution >= 4 is 18.1 Å². The Kier molecular flexibility index (Phi) is 5.22. The second-order valence-electron chi connectivity index (χ2n) is 4.19. The largest absolute Gasteiger partial charge is 0.377 e. The zero-order valence-electron chi connectivity index (χ0n) is 11.1. The van der Waals surface area contributed by atoms with Gasteiger partial charge >= 0.3 is 0 Å². The predicted octanol–water partition coefficient (Wildman–Crippen LogP) is 2.37. The molecule has 2 aromatic heterocycles. The smallest absolute Gasteiger partial charge is 0.0825 e. The number of halogens is 1. The van der Waals surface area contributed by atoms with Gasteiger partial charge in [0.1, 0.15) is 0 Å². The SMILES string of the molecule is CCCn1cc(NCc2ccnn2C)c(C)n1.Cl. The van der Waals surface area contributed by atoms with Crippen LogP contribution in [0.2, 0.25) is 0 Å². The molecule has 0 amide bonds. The molecule has 0 aromatic carbocycles. The molecule has 0 atom stereocenters. The van der Waals surface area contributed by atoms with Gasteiger partial charge in [-0.05, 0) is 19.4 Å². The van der Waals surface area contributed by atoms with Crippen molar-refractivity contribution in [2.75, 3.05) is 5.32 Å². The number of hydrogen-bond acceptors (Lipinski definition) is 3. The average Bonchev–Trinajstić information content (AvgIpc) is 2.83. The van der Waals surface area contributed by atoms with Crippen LogP contribution in [0.1, 0.15) is 24.7 Å². The summed E-state index contributed by atoms with van der Waals surface area (Å²) in [6.07, 6.45) is 4.97. The van der Waals surface area contributed by atoms with E-state index in [9.17, 15) is 0 Å². The second-order valence-corrected chi connectivity index (χ2v) is 4.19. The van der Waals surface area contributed by atoms with Crippen LogP contribution in [0.3, 0.4) is 0 Å². The van der Waals surface area contributed by atoms with E-state index < -0.39 is 0 Å². The predicted molar refractivity (Wildman–Crippen MR) is 75.0 cm³/mol. The van der Waals surface area contributed by atoms with Gasteiger partial charge in [-0.25, -0.2) is 0 Å². The van der Waals surface area contributed by atoms with Crippen molar-refractivity contribution in [2.24, 2.45) is 7.05 Å². The molecule has 100 valence electrons. The van der Waals surface area contributed by atoms with Crippen LogP contribution in [0, 0.1) is 6.92 Å². The van der Waals surface area contributed by atoms with Gasteiger partial charge in [0.2, 0.25) is 0 Å². The van der Waals surface area contributed by atoms with Crippen molar-refractivity contribution < 1.29 is 0 Å². The molecule has 0 aliphatic heterocycles. The van der Waals surface area contributed by atoms with Crippen molar-refractivity contribution in [1.82, 2.24) is 19.6 Å². The first kappa shape index (κ1) is 14.6. The van der Waals surface area contributed by atoms with E-state index in [1.807, 2.05) is 35.6 Å². The molecule has 18 heavy (non-hydrogen) atoms. The number of aromatic nitrogens is 4. The third-order valence-electron chi connectivity index (χ3n) is 2.78. The fraction of sp³-hybridized carbons (Fsp3) is 0.500. The molecule has 0 aliphatic carbocycles. The van der Waals surface area contributed by atoms with Crippen molar-refractivity contribution in [1.29, 1.82) is 0 Å². The van der Waals surface area contributed by atoms with Crippen LogP contribution >= 0.6 is 12.4 Å². The highest BCUT2D eigenvalue weighted by Gasteiger charge is 2.05. The van der Waals surface area contributed by atoms with Crippen LogP contribution in [-0.4, -0.2) is 19.6 Å². The summed E-state index contributed by atoms with van der Waals surface area (Å²) in [6, 6.07) is 2.01. The van der Waals surface area contributed by atoms with Crippen LogP contribution in [0.25, 0.3) is 0 Å². The molecule has 0 saturated carbocycles. The molecule has 2 rings (SSSR count). The minimum absolute atomic E-state index is 0. The van der Waals surface area contributed by atoms with E-state index in [0.717, 1.165) is 36.6 Å². The Morgan fingerprint density at radius 1 is 1.39 bits per heavy atom. The number of anilines is 1. The van der Waals surface area contributed by atoms with Gasteiger partial charge in [0, 0.05) is 26.0 Å². The monoisotopic (exact) mass is 269 g/mol. The Morgan fingerprint density at radius 2 is 2.17 bits per heavy atom. The number of nitrogens with one attached hydrogen (secondary N) is 1. The van der Waals surface area contributed by atoms with Crippen LogP contribution < -0.4 is 5.32 Å². The van der Waals surface area contributed by atoms with Crippen molar-refractivity contribution in [3.05, 3.63) is 29.8 Å². The van der Waals surface area contributed by atoms with Crippen LogP contribution in [-0.2, 0) is 20.1 Å². The number of rotatable bonds is 5. The molecular formula is C12H20ClN5. The van der Waals surface area contributed by atoms with Gasteiger partial charge in [0.05, 0.1) is 23.6 Å². The molecule has 6 heteroatoms. The van der Waals surface area contributed by atoms with Crippen LogP contribution in [0.15, 0.2) is 18.5 Å². The Hall–Kier alpha value is -1.49. The third kappa shape index (κ3) is 3.26. The fourth-order valence-corrected chi connectivity index (χ4v) is 1.80. The summed E-state index contributed by atoms with van der Waals surface area (Å²) in [4.78, 5) is 0. The van der Waals surface area contributed by atoms with Gasteiger partial charge in [0.25, 0.3) is 0 Å². The molecule has 0 fully saturated rings. The van der Waals surface area contributed by atoms with E-state index in [-0.39, 0.29) is 12.4 Å². The van der Waals surface area contributed by atoms with E-state index in [4.69, 9.17) is 0 Å². The molecule has 2 aromatic rings. The highest BCUT2D eigenvalue weighted by atomic mass is 35.5. The average molecular weight is 270 g/mol. The number of nitrogens with zero attached hydrogens (tertiary/aromatic N) is 4. The van der Waals surface area contributed by atoms with Crippen molar-refractivity contribution in [2.45, 2.75) is 33.4 Å². The lowest BCUT2D eigenvalue weighted by atomic mass is 10.3. The number of aryl methyl sites for hydroxylation is 3. The summed E-state index contributed by atoms with van der Waals surface area (Å²) >= 11 is 0. The standard InChI is InChI=1S/C12H19N5.ClH/c1-4-7-17-9-12(10(2)15-17)13-8-11-5-6-14-16(11)3;/h5-6,9,13H,4,7-8H2,1-3H3;1H. The minimum Gasteiger partial charge on any atom is -0.377 e. The lowest BCUT2D eigenvalue weighted by Crippen LogP contribution is -2.05. The summed E-state index contributed by atoms with van der Waals surface area (Å²) in [5, 5.41) is 12.0. The van der Waals surface area contributed by atoms with Gasteiger partial charge < -0.3 is 5.32 Å². The maximum Gasteiger partial charge on any atom is 0.0825 e. The molecule has 0 saturated heterocycles. The topological polar surface area (TPSA) is 47.7 Å². The molecule has 0 spiro atoms. The minimum atomic E-state index is 0. The molecule has 5 nitrogen and oxygen atoms in total. The number of hydrogen-bond donors (Lipinski definition) is 1. The van der Waals surface area contributed by atoms with E-state index in [1.165, 1.54) is 0 Å². The summed E-state index contributed by atoms with van der Waals surface area (Å²) in [6.45, 7) is 5.92. The van der Waals surface area contributed by atoms with E-state index >= 15 is 0 Å². The Bertz CT molecular complexity index is 488. The highest BCUT2D eigenvalue weighted by Crippen LogP contribution is 2.13. The Balaban J connectivity index is 0.00000162. The molecule has 0 aliphatic rings. The first-order valence-corrected chi connectivity index (χ1v) is 5.95. The summed E-state index contributed by atoms with van der Waals surface area (Å²) in [5.41, 5.74) is 3.30. The lowest BCUT2D eigenvalue weighted by molar-refractivity contribution is 0.598. The van der Waals surface area contributed by atoms with Gasteiger partial charge in [-0.15, -0.1) is 12.4 Å². The van der Waals surface area contributed by atoms with Crippen LogP contribution in [0.5, 0.6) is 0 Å². The van der Waals surface area contributed by atoms with E-state index in [2.05, 4.69) is 28.6 Å². The normalized spacial score (nSPS) is 10.2. The molecule has 0 radical (unpaired) electrons. The molecule has 0 unspecified atom stereocenters. The van der Waals surface area contributed by atoms with Gasteiger partial charge in [-0.3, -0.25) is 9.36 Å². The maximum atomic E-state index is 4.45. The third-order valence-corrected chi connectivity index (χ3v) is 2.78. The second kappa shape index (κ2) is 6.44. The molecule has 1 N–H and O–H groups in total. The van der Waals surface area contributed by atoms with Crippen molar-refractivity contribution in [3.63, 3.8) is 0 Å². The zero-order chi connectivity index (χ0) is 12.3. The van der Waals surface area contributed by atoms with Gasteiger partial charge in [0.15, 0.2) is 0 Å². The highest BCUT2D eigenvalue weighted by molar-refractivity contribution is 5.85. The van der Waals surface area contributed by atoms with Gasteiger partial charge in [-0.2, -0.15) is 10.2 Å². The Labute approximate surface area is 114 Å². The summed E-state index contributed by atoms with van der Waals surface area (Å²) in [7, 11) is 1.95. The summed E-state index contributed by atoms with van der Waals surface area (Å²) < 4.78 is 3.86. The first-order valence-electron chi connectivity index (χ1n) is 5.95. The Morgan fingerprint density at radius 3 is 2.78 bits per heavy atom. The van der Waals surface area contributed by atoms with Gasteiger partial charge in [-0.1, -0.05) is 6.92 Å².